The smallest absolute Gasteiger partial charge is 0.178 e. The number of rotatable bonds is 3. The molecule has 4 rings (SSSR count). The molecule has 3 heterocycles. The van der Waals surface area contributed by atoms with Gasteiger partial charge in [0.25, 0.3) is 0 Å². The van der Waals surface area contributed by atoms with E-state index in [9.17, 15) is 0 Å². The van der Waals surface area contributed by atoms with E-state index in [2.05, 4.69) is 45.4 Å². The summed E-state index contributed by atoms with van der Waals surface area (Å²) in [6.45, 7) is 1.83. The molecular weight excluding hydrogens is 316 g/mol. The van der Waals surface area contributed by atoms with Gasteiger partial charge in [-0.3, -0.25) is 4.98 Å². The summed E-state index contributed by atoms with van der Waals surface area (Å²) in [6, 6.07) is 14.5. The number of aromatic nitrogens is 3. The Kier molecular flexibility index (Phi) is 4.17. The number of anilines is 1. The van der Waals surface area contributed by atoms with Crippen molar-refractivity contribution in [1.29, 1.82) is 0 Å². The predicted molar refractivity (Wildman–Crippen MR) is 98.2 cm³/mol. The van der Waals surface area contributed by atoms with Gasteiger partial charge in [0.05, 0.1) is 5.69 Å². The van der Waals surface area contributed by atoms with E-state index in [4.69, 9.17) is 4.98 Å². The standard InChI is InChI=1S/C19H18N4S/c1-24-16-6-4-5-15(11-16)23-10-8-17-14(13-23)12-21-19(22-17)18-7-2-3-9-20-18/h2-7,9,11-12H,8,10,13H2,1H3. The Bertz CT molecular complexity index is 851. The molecule has 2 aromatic heterocycles. The summed E-state index contributed by atoms with van der Waals surface area (Å²) >= 11 is 1.77. The zero-order chi connectivity index (χ0) is 16.4. The van der Waals surface area contributed by atoms with Gasteiger partial charge in [0, 0.05) is 48.1 Å². The first-order valence-electron chi connectivity index (χ1n) is 7.99. The van der Waals surface area contributed by atoms with Crippen LogP contribution in [-0.4, -0.2) is 27.8 Å². The fourth-order valence-corrected chi connectivity index (χ4v) is 3.42. The van der Waals surface area contributed by atoms with E-state index in [1.54, 1.807) is 18.0 Å². The molecule has 4 nitrogen and oxygen atoms in total. The Labute approximate surface area is 146 Å². The first kappa shape index (κ1) is 15.1. The number of hydrogen-bond donors (Lipinski definition) is 0. The minimum absolute atomic E-state index is 0.715. The Balaban J connectivity index is 1.60. The molecule has 0 aliphatic carbocycles. The largest absolute Gasteiger partial charge is 0.367 e. The van der Waals surface area contributed by atoms with Gasteiger partial charge in [0.2, 0.25) is 0 Å². The molecule has 24 heavy (non-hydrogen) atoms. The molecule has 0 N–H and O–H groups in total. The molecule has 1 aliphatic rings. The summed E-state index contributed by atoms with van der Waals surface area (Å²) in [5, 5.41) is 0. The number of pyridine rings is 1. The lowest BCUT2D eigenvalue weighted by molar-refractivity contribution is 0.705. The minimum atomic E-state index is 0.715. The average molecular weight is 334 g/mol. The molecule has 0 spiro atoms. The van der Waals surface area contributed by atoms with Crippen LogP contribution in [0.3, 0.4) is 0 Å². The molecule has 0 bridgehead atoms. The molecule has 0 saturated heterocycles. The van der Waals surface area contributed by atoms with Gasteiger partial charge >= 0.3 is 0 Å². The molecule has 0 unspecified atom stereocenters. The third-order valence-corrected chi connectivity index (χ3v) is 4.97. The van der Waals surface area contributed by atoms with Gasteiger partial charge < -0.3 is 4.90 Å². The fourth-order valence-electron chi connectivity index (χ4n) is 2.96. The molecular formula is C19H18N4S. The topological polar surface area (TPSA) is 41.9 Å². The Morgan fingerprint density at radius 1 is 1.08 bits per heavy atom. The molecule has 0 radical (unpaired) electrons. The van der Waals surface area contributed by atoms with E-state index in [1.165, 1.54) is 16.1 Å². The number of hydrogen-bond acceptors (Lipinski definition) is 5. The lowest BCUT2D eigenvalue weighted by Crippen LogP contribution is -2.31. The SMILES string of the molecule is CSc1cccc(N2CCc3nc(-c4ccccn4)ncc3C2)c1. The molecule has 5 heteroatoms. The lowest BCUT2D eigenvalue weighted by atomic mass is 10.1. The van der Waals surface area contributed by atoms with Crippen LogP contribution in [0, 0.1) is 0 Å². The van der Waals surface area contributed by atoms with Gasteiger partial charge in [0.1, 0.15) is 5.69 Å². The maximum atomic E-state index is 4.74. The number of nitrogens with zero attached hydrogens (tertiary/aromatic N) is 4. The third-order valence-electron chi connectivity index (χ3n) is 4.25. The summed E-state index contributed by atoms with van der Waals surface area (Å²) in [5.41, 5.74) is 4.44. The molecule has 0 saturated carbocycles. The monoisotopic (exact) mass is 334 g/mol. The average Bonchev–Trinajstić information content (AvgIpc) is 2.68. The second kappa shape index (κ2) is 6.61. The highest BCUT2D eigenvalue weighted by Crippen LogP contribution is 2.27. The molecule has 1 aromatic carbocycles. The van der Waals surface area contributed by atoms with Gasteiger partial charge in [-0.25, -0.2) is 9.97 Å². The van der Waals surface area contributed by atoms with Crippen LogP contribution in [0.25, 0.3) is 11.5 Å². The Morgan fingerprint density at radius 3 is 2.88 bits per heavy atom. The van der Waals surface area contributed by atoms with Gasteiger partial charge in [-0.05, 0) is 36.6 Å². The first-order chi connectivity index (χ1) is 11.8. The highest BCUT2D eigenvalue weighted by molar-refractivity contribution is 7.98. The molecule has 3 aromatic rings. The second-order valence-corrected chi connectivity index (χ2v) is 6.63. The van der Waals surface area contributed by atoms with Gasteiger partial charge in [-0.1, -0.05) is 12.1 Å². The van der Waals surface area contributed by atoms with Crippen molar-refractivity contribution in [3.05, 3.63) is 66.1 Å². The van der Waals surface area contributed by atoms with Crippen molar-refractivity contribution in [2.45, 2.75) is 17.9 Å². The second-order valence-electron chi connectivity index (χ2n) is 5.75. The van der Waals surface area contributed by atoms with Gasteiger partial charge in [-0.15, -0.1) is 11.8 Å². The summed E-state index contributed by atoms with van der Waals surface area (Å²) in [5.74, 6) is 0.715. The van der Waals surface area contributed by atoms with E-state index in [-0.39, 0.29) is 0 Å². The van der Waals surface area contributed by atoms with Crippen molar-refractivity contribution in [2.24, 2.45) is 0 Å². The van der Waals surface area contributed by atoms with Crippen LogP contribution < -0.4 is 4.90 Å². The summed E-state index contributed by atoms with van der Waals surface area (Å²) < 4.78 is 0. The molecule has 120 valence electrons. The molecule has 1 aliphatic heterocycles. The van der Waals surface area contributed by atoms with Gasteiger partial charge in [-0.2, -0.15) is 0 Å². The van der Waals surface area contributed by atoms with Crippen molar-refractivity contribution in [1.82, 2.24) is 15.0 Å². The Morgan fingerprint density at radius 2 is 2.04 bits per heavy atom. The van der Waals surface area contributed by atoms with E-state index < -0.39 is 0 Å². The summed E-state index contributed by atoms with van der Waals surface area (Å²) in [6.07, 6.45) is 6.77. The Hall–Kier alpha value is -2.40. The van der Waals surface area contributed by atoms with Crippen molar-refractivity contribution in [2.75, 3.05) is 17.7 Å². The highest BCUT2D eigenvalue weighted by atomic mass is 32.2. The zero-order valence-corrected chi connectivity index (χ0v) is 14.3. The normalized spacial score (nSPS) is 13.6. The summed E-state index contributed by atoms with van der Waals surface area (Å²) in [7, 11) is 0. The van der Waals surface area contributed by atoms with E-state index >= 15 is 0 Å². The lowest BCUT2D eigenvalue weighted by Gasteiger charge is -2.30. The van der Waals surface area contributed by atoms with Crippen molar-refractivity contribution >= 4 is 17.4 Å². The van der Waals surface area contributed by atoms with Crippen LogP contribution in [0.2, 0.25) is 0 Å². The maximum Gasteiger partial charge on any atom is 0.178 e. The summed E-state index contributed by atoms with van der Waals surface area (Å²) in [4.78, 5) is 17.3. The highest BCUT2D eigenvalue weighted by Gasteiger charge is 2.19. The molecule has 0 atom stereocenters. The van der Waals surface area contributed by atoms with Crippen molar-refractivity contribution < 1.29 is 0 Å². The van der Waals surface area contributed by atoms with Crippen LogP contribution in [0.1, 0.15) is 11.3 Å². The predicted octanol–water partition coefficient (Wildman–Crippen LogP) is 3.82. The fraction of sp³-hybridized carbons (Fsp3) is 0.211. The zero-order valence-electron chi connectivity index (χ0n) is 13.5. The number of fused-ring (bicyclic) bond motifs is 1. The number of benzene rings is 1. The van der Waals surface area contributed by atoms with E-state index in [0.29, 0.717) is 5.82 Å². The minimum Gasteiger partial charge on any atom is -0.367 e. The quantitative estimate of drug-likeness (QED) is 0.681. The van der Waals surface area contributed by atoms with Crippen LogP contribution in [-0.2, 0) is 13.0 Å². The third kappa shape index (κ3) is 2.99. The van der Waals surface area contributed by atoms with Crippen LogP contribution in [0.15, 0.2) is 59.8 Å². The van der Waals surface area contributed by atoms with Crippen molar-refractivity contribution in [3.8, 4) is 11.5 Å². The van der Waals surface area contributed by atoms with Crippen molar-refractivity contribution in [3.63, 3.8) is 0 Å². The van der Waals surface area contributed by atoms with E-state index in [1.807, 2.05) is 24.4 Å². The van der Waals surface area contributed by atoms with Gasteiger partial charge in [0.15, 0.2) is 5.82 Å². The molecule has 0 amide bonds. The van der Waals surface area contributed by atoms with Crippen LogP contribution in [0.5, 0.6) is 0 Å². The van der Waals surface area contributed by atoms with Crippen LogP contribution >= 0.6 is 11.8 Å². The maximum absolute atomic E-state index is 4.74. The molecule has 0 fully saturated rings. The number of thioether (sulfide) groups is 1. The van der Waals surface area contributed by atoms with Crippen LogP contribution in [0.4, 0.5) is 5.69 Å². The van der Waals surface area contributed by atoms with E-state index in [0.717, 1.165) is 30.9 Å². The first-order valence-corrected chi connectivity index (χ1v) is 9.21.